The molecule has 9 heteroatoms. The van der Waals surface area contributed by atoms with Crippen molar-refractivity contribution in [2.75, 3.05) is 14.2 Å². The lowest BCUT2D eigenvalue weighted by atomic mass is 9.83. The summed E-state index contributed by atoms with van der Waals surface area (Å²) in [6, 6.07) is 13.6. The van der Waals surface area contributed by atoms with E-state index in [4.69, 9.17) is 24.7 Å². The second-order valence-corrected chi connectivity index (χ2v) is 7.07. The molecule has 1 aliphatic heterocycles. The maximum atomic E-state index is 13.3. The first-order chi connectivity index (χ1) is 15.6. The van der Waals surface area contributed by atoms with E-state index in [1.807, 2.05) is 6.07 Å². The molecular weight excluding hydrogens is 415 g/mol. The predicted octanol–water partition coefficient (Wildman–Crippen LogP) is 3.50. The van der Waals surface area contributed by atoms with Crippen molar-refractivity contribution in [1.29, 1.82) is 5.26 Å². The van der Waals surface area contributed by atoms with Crippen molar-refractivity contribution in [3.63, 3.8) is 0 Å². The molecule has 2 aromatic carbocycles. The first-order valence-corrected chi connectivity index (χ1v) is 9.75. The van der Waals surface area contributed by atoms with E-state index in [0.29, 0.717) is 28.3 Å². The number of nitrogens with one attached hydrogen (secondary N) is 1. The van der Waals surface area contributed by atoms with E-state index >= 15 is 0 Å². The van der Waals surface area contributed by atoms with Gasteiger partial charge in [-0.25, -0.2) is 4.39 Å². The Morgan fingerprint density at radius 1 is 1.19 bits per heavy atom. The SMILES string of the molecule is COCc1[nH]nc2c1C(c1cccc(OC)c1OCc1ccc(F)cc1)C(C#N)=C(N)O2. The van der Waals surface area contributed by atoms with Gasteiger partial charge in [-0.3, -0.25) is 5.10 Å². The summed E-state index contributed by atoms with van der Waals surface area (Å²) < 4.78 is 35.8. The molecule has 0 bridgehead atoms. The normalized spacial score (nSPS) is 15.0. The smallest absolute Gasteiger partial charge is 0.244 e. The number of nitrogens with zero attached hydrogens (tertiary/aromatic N) is 2. The Labute approximate surface area is 184 Å². The van der Waals surface area contributed by atoms with E-state index in [0.717, 1.165) is 5.56 Å². The minimum Gasteiger partial charge on any atom is -0.493 e. The van der Waals surface area contributed by atoms with Gasteiger partial charge in [0.2, 0.25) is 11.8 Å². The Morgan fingerprint density at radius 3 is 2.66 bits per heavy atom. The number of nitriles is 1. The van der Waals surface area contributed by atoms with Crippen LogP contribution in [0.5, 0.6) is 17.4 Å². The van der Waals surface area contributed by atoms with Gasteiger partial charge in [0, 0.05) is 12.7 Å². The Bertz CT molecular complexity index is 1200. The van der Waals surface area contributed by atoms with Crippen LogP contribution < -0.4 is 19.9 Å². The average Bonchev–Trinajstić information content (AvgIpc) is 3.19. The summed E-state index contributed by atoms with van der Waals surface area (Å²) in [5.41, 5.74) is 8.99. The number of hydrogen-bond acceptors (Lipinski definition) is 7. The molecule has 0 fully saturated rings. The fourth-order valence-electron chi connectivity index (χ4n) is 3.69. The van der Waals surface area contributed by atoms with Crippen LogP contribution >= 0.6 is 0 Å². The monoisotopic (exact) mass is 436 g/mol. The number of allylic oxidation sites excluding steroid dienone is 1. The lowest BCUT2D eigenvalue weighted by Gasteiger charge is -2.26. The highest BCUT2D eigenvalue weighted by atomic mass is 19.1. The molecule has 1 aliphatic rings. The van der Waals surface area contributed by atoms with Gasteiger partial charge in [-0.05, 0) is 23.8 Å². The third-order valence-corrected chi connectivity index (χ3v) is 5.14. The Morgan fingerprint density at radius 2 is 1.97 bits per heavy atom. The zero-order valence-electron chi connectivity index (χ0n) is 17.5. The zero-order chi connectivity index (χ0) is 22.7. The molecular formula is C23H21FN4O4. The number of aromatic nitrogens is 2. The molecule has 3 aromatic rings. The molecule has 0 amide bonds. The summed E-state index contributed by atoms with van der Waals surface area (Å²) in [4.78, 5) is 0. The van der Waals surface area contributed by atoms with Gasteiger partial charge in [-0.15, -0.1) is 5.10 Å². The van der Waals surface area contributed by atoms with E-state index in [1.54, 1.807) is 31.4 Å². The topological polar surface area (TPSA) is 115 Å². The van der Waals surface area contributed by atoms with E-state index in [-0.39, 0.29) is 36.4 Å². The molecule has 164 valence electrons. The third kappa shape index (κ3) is 3.84. The van der Waals surface area contributed by atoms with Crippen molar-refractivity contribution in [2.24, 2.45) is 5.73 Å². The van der Waals surface area contributed by atoms with Gasteiger partial charge >= 0.3 is 0 Å². The highest BCUT2D eigenvalue weighted by Crippen LogP contribution is 2.48. The van der Waals surface area contributed by atoms with Crippen LogP contribution in [0.3, 0.4) is 0 Å². The van der Waals surface area contributed by atoms with Crippen LogP contribution in [0.1, 0.15) is 28.3 Å². The van der Waals surface area contributed by atoms with Gasteiger partial charge in [0.1, 0.15) is 24.1 Å². The molecule has 2 heterocycles. The number of nitrogens with two attached hydrogens (primary N) is 1. The lowest BCUT2D eigenvalue weighted by Crippen LogP contribution is -2.22. The van der Waals surface area contributed by atoms with Crippen molar-refractivity contribution in [2.45, 2.75) is 19.1 Å². The number of halogens is 1. The number of hydrogen-bond donors (Lipinski definition) is 2. The molecule has 0 aliphatic carbocycles. The number of para-hydroxylation sites is 1. The molecule has 1 unspecified atom stereocenters. The number of ether oxygens (including phenoxy) is 4. The number of benzene rings is 2. The van der Waals surface area contributed by atoms with Crippen LogP contribution in [0.2, 0.25) is 0 Å². The maximum Gasteiger partial charge on any atom is 0.244 e. The summed E-state index contributed by atoms with van der Waals surface area (Å²) in [5, 5.41) is 17.0. The molecule has 0 saturated carbocycles. The van der Waals surface area contributed by atoms with Crippen molar-refractivity contribution in [1.82, 2.24) is 10.2 Å². The molecule has 32 heavy (non-hydrogen) atoms. The fraction of sp³-hybridized carbons (Fsp3) is 0.217. The molecule has 0 radical (unpaired) electrons. The minimum absolute atomic E-state index is 0.0345. The lowest BCUT2D eigenvalue weighted by molar-refractivity contribution is 0.180. The van der Waals surface area contributed by atoms with Crippen LogP contribution in [-0.4, -0.2) is 24.4 Å². The van der Waals surface area contributed by atoms with Crippen molar-refractivity contribution < 1.29 is 23.3 Å². The Hall–Kier alpha value is -4.03. The molecule has 0 saturated heterocycles. The quantitative estimate of drug-likeness (QED) is 0.582. The second-order valence-electron chi connectivity index (χ2n) is 7.07. The molecule has 1 aromatic heterocycles. The van der Waals surface area contributed by atoms with E-state index in [2.05, 4.69) is 16.3 Å². The molecule has 8 nitrogen and oxygen atoms in total. The van der Waals surface area contributed by atoms with Crippen LogP contribution in [0.15, 0.2) is 53.9 Å². The fourth-order valence-corrected chi connectivity index (χ4v) is 3.69. The van der Waals surface area contributed by atoms with Gasteiger partial charge < -0.3 is 24.7 Å². The van der Waals surface area contributed by atoms with Crippen LogP contribution in [0.25, 0.3) is 0 Å². The summed E-state index contributed by atoms with van der Waals surface area (Å²) >= 11 is 0. The molecule has 4 rings (SSSR count). The van der Waals surface area contributed by atoms with Crippen LogP contribution in [0, 0.1) is 17.1 Å². The molecule has 3 N–H and O–H groups in total. The Kier molecular flexibility index (Phi) is 5.96. The second kappa shape index (κ2) is 8.99. The molecule has 1 atom stereocenters. The number of fused-ring (bicyclic) bond motifs is 1. The summed E-state index contributed by atoms with van der Waals surface area (Å²) in [6.07, 6.45) is 0. The number of aromatic amines is 1. The number of rotatable bonds is 7. The number of H-pyrrole nitrogens is 1. The molecule has 0 spiro atoms. The number of methoxy groups -OCH3 is 2. The van der Waals surface area contributed by atoms with E-state index in [1.165, 1.54) is 19.2 Å². The van der Waals surface area contributed by atoms with Gasteiger partial charge in [0.05, 0.1) is 30.9 Å². The largest absolute Gasteiger partial charge is 0.493 e. The summed E-state index contributed by atoms with van der Waals surface area (Å²) in [7, 11) is 3.09. The van der Waals surface area contributed by atoms with Crippen molar-refractivity contribution in [3.8, 4) is 23.4 Å². The summed E-state index contributed by atoms with van der Waals surface area (Å²) in [6.45, 7) is 0.400. The van der Waals surface area contributed by atoms with Crippen molar-refractivity contribution in [3.05, 3.63) is 82.1 Å². The standard InChI is InChI=1S/C23H21FN4O4/c1-29-12-17-20-19(16(10-25)22(26)32-23(20)28-27-17)15-4-3-5-18(30-2)21(15)31-11-13-6-8-14(24)9-7-13/h3-9,19H,11-12,26H2,1-2H3,(H,27,28). The van der Waals surface area contributed by atoms with Crippen LogP contribution in [-0.2, 0) is 18.0 Å². The van der Waals surface area contributed by atoms with E-state index in [9.17, 15) is 9.65 Å². The maximum absolute atomic E-state index is 13.3. The van der Waals surface area contributed by atoms with Gasteiger partial charge in [0.15, 0.2) is 11.5 Å². The van der Waals surface area contributed by atoms with Gasteiger partial charge in [0.25, 0.3) is 0 Å². The zero-order valence-corrected chi connectivity index (χ0v) is 17.5. The highest BCUT2D eigenvalue weighted by Gasteiger charge is 2.37. The van der Waals surface area contributed by atoms with Gasteiger partial charge in [-0.2, -0.15) is 5.26 Å². The predicted molar refractivity (Wildman–Crippen MR) is 112 cm³/mol. The van der Waals surface area contributed by atoms with E-state index < -0.39 is 5.92 Å². The minimum atomic E-state index is -0.619. The Balaban J connectivity index is 1.82. The highest BCUT2D eigenvalue weighted by molar-refractivity contribution is 5.61. The van der Waals surface area contributed by atoms with Crippen molar-refractivity contribution >= 4 is 0 Å². The third-order valence-electron chi connectivity index (χ3n) is 5.14. The average molecular weight is 436 g/mol. The first kappa shape index (κ1) is 21.2. The first-order valence-electron chi connectivity index (χ1n) is 9.75. The summed E-state index contributed by atoms with van der Waals surface area (Å²) in [5.74, 6) is 0.198. The van der Waals surface area contributed by atoms with Crippen LogP contribution in [0.4, 0.5) is 4.39 Å². The van der Waals surface area contributed by atoms with Gasteiger partial charge in [-0.1, -0.05) is 24.3 Å².